The molecule has 0 aliphatic rings. The van der Waals surface area contributed by atoms with Crippen LogP contribution in [0.25, 0.3) is 0 Å². The van der Waals surface area contributed by atoms with Crippen molar-refractivity contribution < 1.29 is 9.13 Å². The first-order chi connectivity index (χ1) is 9.72. The maximum absolute atomic E-state index is 13.6. The van der Waals surface area contributed by atoms with E-state index in [2.05, 4.69) is 0 Å². The molecule has 20 heavy (non-hydrogen) atoms. The van der Waals surface area contributed by atoms with Gasteiger partial charge in [0.1, 0.15) is 11.6 Å². The first kappa shape index (κ1) is 14.9. The molecule has 0 amide bonds. The van der Waals surface area contributed by atoms with Crippen molar-refractivity contribution in [2.45, 2.75) is 17.9 Å². The third-order valence-corrected chi connectivity index (χ3v) is 4.04. The molecule has 0 spiro atoms. The first-order valence-electron chi connectivity index (χ1n) is 6.57. The highest BCUT2D eigenvalue weighted by atomic mass is 32.2. The Morgan fingerprint density at radius 1 is 1.15 bits per heavy atom. The Morgan fingerprint density at radius 3 is 2.60 bits per heavy atom. The lowest BCUT2D eigenvalue weighted by Crippen LogP contribution is -2.14. The molecule has 4 heteroatoms. The average molecular weight is 291 g/mol. The number of halogens is 1. The molecule has 2 rings (SSSR count). The van der Waals surface area contributed by atoms with Gasteiger partial charge < -0.3 is 10.5 Å². The Balaban J connectivity index is 2.05. The summed E-state index contributed by atoms with van der Waals surface area (Å²) in [5, 5.41) is 0. The predicted octanol–water partition coefficient (Wildman–Crippen LogP) is 4.02. The topological polar surface area (TPSA) is 35.2 Å². The molecule has 1 unspecified atom stereocenters. The molecule has 0 aromatic heterocycles. The van der Waals surface area contributed by atoms with Crippen LogP contribution < -0.4 is 10.5 Å². The SMILES string of the molecule is CCOc1ccccc1C(N)CSc1ccccc1F. The molecule has 0 radical (unpaired) electrons. The molecule has 0 heterocycles. The molecule has 0 bridgehead atoms. The Kier molecular flexibility index (Phi) is 5.44. The van der Waals surface area contributed by atoms with Crippen LogP contribution in [0.1, 0.15) is 18.5 Å². The van der Waals surface area contributed by atoms with Crippen LogP contribution in [-0.4, -0.2) is 12.4 Å². The van der Waals surface area contributed by atoms with E-state index in [1.807, 2.05) is 37.3 Å². The van der Waals surface area contributed by atoms with Crippen LogP contribution >= 0.6 is 11.8 Å². The van der Waals surface area contributed by atoms with E-state index in [1.54, 1.807) is 12.1 Å². The smallest absolute Gasteiger partial charge is 0.136 e. The molecular formula is C16H18FNOS. The van der Waals surface area contributed by atoms with Crippen molar-refractivity contribution in [3.05, 3.63) is 59.9 Å². The van der Waals surface area contributed by atoms with Gasteiger partial charge in [0.25, 0.3) is 0 Å². The molecule has 106 valence electrons. The van der Waals surface area contributed by atoms with Gasteiger partial charge in [0.05, 0.1) is 6.61 Å². The number of hydrogen-bond acceptors (Lipinski definition) is 3. The second-order valence-electron chi connectivity index (χ2n) is 4.32. The second kappa shape index (κ2) is 7.31. The molecule has 0 aliphatic heterocycles. The molecule has 0 aliphatic carbocycles. The average Bonchev–Trinajstić information content (AvgIpc) is 2.47. The van der Waals surface area contributed by atoms with Crippen LogP contribution in [0.2, 0.25) is 0 Å². The summed E-state index contributed by atoms with van der Waals surface area (Å²) >= 11 is 1.42. The van der Waals surface area contributed by atoms with Gasteiger partial charge in [0.2, 0.25) is 0 Å². The molecule has 0 saturated heterocycles. The van der Waals surface area contributed by atoms with Crippen molar-refractivity contribution >= 4 is 11.8 Å². The summed E-state index contributed by atoms with van der Waals surface area (Å²) in [6.07, 6.45) is 0. The Bertz CT molecular complexity index is 562. The number of para-hydroxylation sites is 1. The Hall–Kier alpha value is -1.52. The Morgan fingerprint density at radius 2 is 1.85 bits per heavy atom. The van der Waals surface area contributed by atoms with Gasteiger partial charge in [-0.05, 0) is 25.1 Å². The number of thioether (sulfide) groups is 1. The predicted molar refractivity (Wildman–Crippen MR) is 81.7 cm³/mol. The molecule has 2 aromatic carbocycles. The highest BCUT2D eigenvalue weighted by Crippen LogP contribution is 2.29. The van der Waals surface area contributed by atoms with Crippen molar-refractivity contribution in [1.82, 2.24) is 0 Å². The largest absolute Gasteiger partial charge is 0.494 e. The van der Waals surface area contributed by atoms with Gasteiger partial charge in [-0.2, -0.15) is 0 Å². The van der Waals surface area contributed by atoms with Crippen molar-refractivity contribution in [3.63, 3.8) is 0 Å². The van der Waals surface area contributed by atoms with E-state index < -0.39 is 0 Å². The standard InChI is InChI=1S/C16H18FNOS/c1-2-19-15-9-5-3-7-12(15)14(18)11-20-16-10-6-4-8-13(16)17/h3-10,14H,2,11,18H2,1H3. The van der Waals surface area contributed by atoms with Crippen LogP contribution in [0, 0.1) is 5.82 Å². The summed E-state index contributed by atoms with van der Waals surface area (Å²) in [6, 6.07) is 14.3. The van der Waals surface area contributed by atoms with E-state index in [9.17, 15) is 4.39 Å². The maximum atomic E-state index is 13.6. The quantitative estimate of drug-likeness (QED) is 0.817. The van der Waals surface area contributed by atoms with Crippen LogP contribution in [0.5, 0.6) is 5.75 Å². The van der Waals surface area contributed by atoms with E-state index in [0.717, 1.165) is 11.3 Å². The van der Waals surface area contributed by atoms with Crippen LogP contribution in [0.3, 0.4) is 0 Å². The van der Waals surface area contributed by atoms with Crippen molar-refractivity contribution in [1.29, 1.82) is 0 Å². The molecule has 0 saturated carbocycles. The number of rotatable bonds is 6. The monoisotopic (exact) mass is 291 g/mol. The van der Waals surface area contributed by atoms with Crippen LogP contribution in [0.4, 0.5) is 4.39 Å². The van der Waals surface area contributed by atoms with Crippen molar-refractivity contribution in [2.75, 3.05) is 12.4 Å². The van der Waals surface area contributed by atoms with Crippen molar-refractivity contribution in [3.8, 4) is 5.75 Å². The third-order valence-electron chi connectivity index (χ3n) is 2.87. The fourth-order valence-electron chi connectivity index (χ4n) is 1.90. The molecule has 0 fully saturated rings. The zero-order valence-electron chi connectivity index (χ0n) is 11.4. The van der Waals surface area contributed by atoms with E-state index in [1.165, 1.54) is 17.8 Å². The minimum absolute atomic E-state index is 0.192. The van der Waals surface area contributed by atoms with E-state index in [4.69, 9.17) is 10.5 Å². The lowest BCUT2D eigenvalue weighted by Gasteiger charge is -2.16. The second-order valence-corrected chi connectivity index (χ2v) is 5.38. The first-order valence-corrected chi connectivity index (χ1v) is 7.55. The number of hydrogen-bond donors (Lipinski definition) is 1. The van der Waals surface area contributed by atoms with Crippen molar-refractivity contribution in [2.24, 2.45) is 5.73 Å². The normalized spacial score (nSPS) is 12.2. The number of nitrogens with two attached hydrogens (primary N) is 1. The van der Waals surface area contributed by atoms with Gasteiger partial charge in [-0.25, -0.2) is 4.39 Å². The van der Waals surface area contributed by atoms with Crippen LogP contribution in [0.15, 0.2) is 53.4 Å². The minimum Gasteiger partial charge on any atom is -0.494 e. The molecular weight excluding hydrogens is 273 g/mol. The maximum Gasteiger partial charge on any atom is 0.136 e. The zero-order valence-corrected chi connectivity index (χ0v) is 12.2. The number of ether oxygens (including phenoxy) is 1. The van der Waals surface area contributed by atoms with Crippen LogP contribution in [-0.2, 0) is 0 Å². The van der Waals surface area contributed by atoms with E-state index in [-0.39, 0.29) is 11.9 Å². The van der Waals surface area contributed by atoms with Gasteiger partial charge in [-0.15, -0.1) is 11.8 Å². The summed E-state index contributed by atoms with van der Waals surface area (Å²) < 4.78 is 19.1. The summed E-state index contributed by atoms with van der Waals surface area (Å²) in [5.41, 5.74) is 7.16. The summed E-state index contributed by atoms with van der Waals surface area (Å²) in [4.78, 5) is 0.622. The molecule has 1 atom stereocenters. The summed E-state index contributed by atoms with van der Waals surface area (Å²) in [5.74, 6) is 1.20. The third kappa shape index (κ3) is 3.74. The van der Waals surface area contributed by atoms with E-state index >= 15 is 0 Å². The zero-order chi connectivity index (χ0) is 14.4. The van der Waals surface area contributed by atoms with Gasteiger partial charge in [0.15, 0.2) is 0 Å². The number of benzene rings is 2. The lowest BCUT2D eigenvalue weighted by molar-refractivity contribution is 0.335. The lowest BCUT2D eigenvalue weighted by atomic mass is 10.1. The fraction of sp³-hybridized carbons (Fsp3) is 0.250. The summed E-state index contributed by atoms with van der Waals surface area (Å²) in [6.45, 7) is 2.54. The highest BCUT2D eigenvalue weighted by molar-refractivity contribution is 7.99. The molecule has 2 nitrogen and oxygen atoms in total. The van der Waals surface area contributed by atoms with Gasteiger partial charge in [-0.3, -0.25) is 0 Å². The minimum atomic E-state index is -0.206. The van der Waals surface area contributed by atoms with Gasteiger partial charge >= 0.3 is 0 Å². The highest BCUT2D eigenvalue weighted by Gasteiger charge is 2.13. The van der Waals surface area contributed by atoms with Gasteiger partial charge in [-0.1, -0.05) is 30.3 Å². The Labute approximate surface area is 123 Å². The fourth-order valence-corrected chi connectivity index (χ4v) is 2.82. The molecule has 2 N–H and O–H groups in total. The van der Waals surface area contributed by atoms with E-state index in [0.29, 0.717) is 17.3 Å². The van der Waals surface area contributed by atoms with Gasteiger partial charge in [0, 0.05) is 22.3 Å². The molecule has 2 aromatic rings. The summed E-state index contributed by atoms with van der Waals surface area (Å²) in [7, 11) is 0.